The van der Waals surface area contributed by atoms with E-state index in [1.165, 1.54) is 0 Å². The van der Waals surface area contributed by atoms with Gasteiger partial charge in [0.2, 0.25) is 0 Å². The Balaban J connectivity index is 2.64. The predicted octanol–water partition coefficient (Wildman–Crippen LogP) is 0.887. The van der Waals surface area contributed by atoms with Crippen LogP contribution in [0.4, 0.5) is 0 Å². The molecule has 76 valence electrons. The molecule has 1 aromatic carbocycles. The van der Waals surface area contributed by atoms with Crippen LogP contribution in [0.5, 0.6) is 5.75 Å². The number of ether oxygens (including phenoxy) is 1. The standard InChI is InChI=1S/C9H10O4S/c1-14(12)8-4-2-7(3-5-8)13-6-9(10)11/h2-5H,6H2,1H3,(H,10,11)/t14-/m1/s1. The minimum Gasteiger partial charge on any atom is -0.482 e. The van der Waals surface area contributed by atoms with E-state index < -0.39 is 16.8 Å². The Kier molecular flexibility index (Phi) is 3.64. The number of hydrogen-bond acceptors (Lipinski definition) is 3. The van der Waals surface area contributed by atoms with Crippen LogP contribution in [0.2, 0.25) is 0 Å². The smallest absolute Gasteiger partial charge is 0.341 e. The van der Waals surface area contributed by atoms with E-state index in [-0.39, 0.29) is 6.61 Å². The normalized spacial score (nSPS) is 12.1. The van der Waals surface area contributed by atoms with Crippen LogP contribution in [-0.2, 0) is 15.6 Å². The van der Waals surface area contributed by atoms with Crippen LogP contribution < -0.4 is 4.74 Å². The van der Waals surface area contributed by atoms with Gasteiger partial charge in [-0.2, -0.15) is 0 Å². The summed E-state index contributed by atoms with van der Waals surface area (Å²) in [5, 5.41) is 8.34. The van der Waals surface area contributed by atoms with E-state index in [0.717, 1.165) is 0 Å². The van der Waals surface area contributed by atoms with Gasteiger partial charge in [-0.05, 0) is 24.3 Å². The van der Waals surface area contributed by atoms with Crippen LogP contribution in [0.3, 0.4) is 0 Å². The summed E-state index contributed by atoms with van der Waals surface area (Å²) in [5.74, 6) is -0.560. The molecule has 0 spiro atoms. The quantitative estimate of drug-likeness (QED) is 0.808. The highest BCUT2D eigenvalue weighted by molar-refractivity contribution is 7.84. The summed E-state index contributed by atoms with van der Waals surface area (Å²) in [7, 11) is -1.02. The number of carboxylic acid groups (broad SMARTS) is 1. The zero-order valence-electron chi connectivity index (χ0n) is 7.60. The van der Waals surface area contributed by atoms with Crippen molar-refractivity contribution in [2.75, 3.05) is 12.9 Å². The minimum atomic E-state index is -1.02. The van der Waals surface area contributed by atoms with Crippen molar-refractivity contribution in [1.29, 1.82) is 0 Å². The van der Waals surface area contributed by atoms with Crippen LogP contribution in [0.25, 0.3) is 0 Å². The minimum absolute atomic E-state index is 0.367. The summed E-state index contributed by atoms with van der Waals surface area (Å²) in [6, 6.07) is 6.49. The second-order valence-corrected chi connectivity index (χ2v) is 3.99. The summed E-state index contributed by atoms with van der Waals surface area (Å²) in [5.41, 5.74) is 0. The van der Waals surface area contributed by atoms with Gasteiger partial charge in [-0.3, -0.25) is 4.21 Å². The lowest BCUT2D eigenvalue weighted by Crippen LogP contribution is -2.09. The highest BCUT2D eigenvalue weighted by atomic mass is 32.2. The van der Waals surface area contributed by atoms with Gasteiger partial charge in [0.25, 0.3) is 0 Å². The van der Waals surface area contributed by atoms with Crippen molar-refractivity contribution in [3.05, 3.63) is 24.3 Å². The molecule has 0 fully saturated rings. The molecule has 1 aromatic rings. The van der Waals surface area contributed by atoms with E-state index >= 15 is 0 Å². The SMILES string of the molecule is C[S@@](=O)c1ccc(OCC(=O)O)cc1. The Bertz CT molecular complexity index is 344. The first-order valence-electron chi connectivity index (χ1n) is 3.87. The van der Waals surface area contributed by atoms with Gasteiger partial charge >= 0.3 is 5.97 Å². The number of hydrogen-bond donors (Lipinski definition) is 1. The largest absolute Gasteiger partial charge is 0.482 e. The molecule has 5 heteroatoms. The van der Waals surface area contributed by atoms with Gasteiger partial charge in [0.05, 0.1) is 0 Å². The monoisotopic (exact) mass is 214 g/mol. The predicted molar refractivity (Wildman–Crippen MR) is 51.9 cm³/mol. The van der Waals surface area contributed by atoms with Crippen molar-refractivity contribution in [3.63, 3.8) is 0 Å². The number of carbonyl (C=O) groups is 1. The first kappa shape index (κ1) is 10.7. The van der Waals surface area contributed by atoms with E-state index in [1.807, 2.05) is 0 Å². The van der Waals surface area contributed by atoms with E-state index in [2.05, 4.69) is 0 Å². The number of rotatable bonds is 4. The molecule has 4 nitrogen and oxygen atoms in total. The Morgan fingerprint density at radius 2 is 2.00 bits per heavy atom. The first-order valence-corrected chi connectivity index (χ1v) is 5.43. The van der Waals surface area contributed by atoms with Crippen LogP contribution in [0.15, 0.2) is 29.2 Å². The van der Waals surface area contributed by atoms with Gasteiger partial charge in [-0.25, -0.2) is 4.79 Å². The second-order valence-electron chi connectivity index (χ2n) is 2.61. The topological polar surface area (TPSA) is 63.6 Å². The number of aliphatic carboxylic acids is 1. The van der Waals surface area contributed by atoms with Crippen LogP contribution in [0.1, 0.15) is 0 Å². The lowest BCUT2D eigenvalue weighted by atomic mass is 10.3. The van der Waals surface area contributed by atoms with Crippen molar-refractivity contribution in [1.82, 2.24) is 0 Å². The average molecular weight is 214 g/mol. The van der Waals surface area contributed by atoms with Crippen LogP contribution in [-0.4, -0.2) is 28.1 Å². The van der Waals surface area contributed by atoms with E-state index in [0.29, 0.717) is 10.6 Å². The van der Waals surface area contributed by atoms with Crippen molar-refractivity contribution in [3.8, 4) is 5.75 Å². The zero-order chi connectivity index (χ0) is 10.6. The lowest BCUT2D eigenvalue weighted by Gasteiger charge is -2.03. The van der Waals surface area contributed by atoms with Gasteiger partial charge in [0.15, 0.2) is 6.61 Å². The fourth-order valence-corrected chi connectivity index (χ4v) is 1.39. The molecular weight excluding hydrogens is 204 g/mol. The number of carboxylic acids is 1. The van der Waals surface area contributed by atoms with Gasteiger partial charge in [0, 0.05) is 22.0 Å². The maximum Gasteiger partial charge on any atom is 0.341 e. The van der Waals surface area contributed by atoms with Gasteiger partial charge in [0.1, 0.15) is 5.75 Å². The summed E-state index contributed by atoms with van der Waals surface area (Å²) >= 11 is 0. The third-order valence-electron chi connectivity index (χ3n) is 1.52. The zero-order valence-corrected chi connectivity index (χ0v) is 8.41. The highest BCUT2D eigenvalue weighted by Crippen LogP contribution is 2.13. The molecule has 0 aliphatic heterocycles. The van der Waals surface area contributed by atoms with E-state index in [4.69, 9.17) is 9.84 Å². The highest BCUT2D eigenvalue weighted by Gasteiger charge is 2.00. The molecule has 0 heterocycles. The molecule has 1 N–H and O–H groups in total. The summed E-state index contributed by atoms with van der Waals surface area (Å²) in [6.45, 7) is -0.367. The van der Waals surface area contributed by atoms with Gasteiger partial charge in [-0.1, -0.05) is 0 Å². The Morgan fingerprint density at radius 3 is 2.43 bits per heavy atom. The third kappa shape index (κ3) is 3.18. The molecule has 0 saturated heterocycles. The summed E-state index contributed by atoms with van der Waals surface area (Å²) in [6.07, 6.45) is 1.58. The third-order valence-corrected chi connectivity index (χ3v) is 2.45. The fourth-order valence-electron chi connectivity index (χ4n) is 0.873. The van der Waals surface area contributed by atoms with Gasteiger partial charge in [-0.15, -0.1) is 0 Å². The fraction of sp³-hybridized carbons (Fsp3) is 0.222. The van der Waals surface area contributed by atoms with E-state index in [9.17, 15) is 9.00 Å². The van der Waals surface area contributed by atoms with Gasteiger partial charge < -0.3 is 9.84 Å². The molecule has 1 atom stereocenters. The second kappa shape index (κ2) is 4.76. The average Bonchev–Trinajstić information content (AvgIpc) is 2.15. The molecule has 0 aromatic heterocycles. The van der Waals surface area contributed by atoms with E-state index in [1.54, 1.807) is 30.5 Å². The van der Waals surface area contributed by atoms with Crippen LogP contribution in [0, 0.1) is 0 Å². The molecule has 1 rings (SSSR count). The Hall–Kier alpha value is -1.36. The van der Waals surface area contributed by atoms with Crippen molar-refractivity contribution in [2.45, 2.75) is 4.90 Å². The van der Waals surface area contributed by atoms with Crippen molar-refractivity contribution < 1.29 is 18.8 Å². The summed E-state index contributed by atoms with van der Waals surface area (Å²) < 4.78 is 15.9. The Morgan fingerprint density at radius 1 is 1.43 bits per heavy atom. The van der Waals surface area contributed by atoms with Crippen molar-refractivity contribution in [2.24, 2.45) is 0 Å². The molecular formula is C9H10O4S. The first-order chi connectivity index (χ1) is 6.59. The maximum absolute atomic E-state index is 11.0. The molecule has 0 saturated carbocycles. The molecule has 14 heavy (non-hydrogen) atoms. The molecule has 0 radical (unpaired) electrons. The lowest BCUT2D eigenvalue weighted by molar-refractivity contribution is -0.139. The molecule has 0 aliphatic carbocycles. The molecule has 0 bridgehead atoms. The molecule has 0 unspecified atom stereocenters. The van der Waals surface area contributed by atoms with Crippen LogP contribution >= 0.6 is 0 Å². The summed E-state index contributed by atoms with van der Waals surface area (Å²) in [4.78, 5) is 10.9. The van der Waals surface area contributed by atoms with Crippen molar-refractivity contribution >= 4 is 16.8 Å². The maximum atomic E-state index is 11.0. The number of benzene rings is 1. The molecule has 0 amide bonds. The molecule has 0 aliphatic rings. The Labute approximate surface area is 84.0 Å².